The van der Waals surface area contributed by atoms with E-state index in [4.69, 9.17) is 0 Å². The Morgan fingerprint density at radius 3 is 2.70 bits per heavy atom. The average Bonchev–Trinajstić information content (AvgIpc) is 3.04. The molecule has 1 N–H and O–H groups in total. The molecule has 2 aromatic heterocycles. The van der Waals surface area contributed by atoms with Crippen LogP contribution in [0, 0.1) is 5.92 Å². The number of anilines is 1. The summed E-state index contributed by atoms with van der Waals surface area (Å²) in [6, 6.07) is 1.81. The normalized spacial score (nSPS) is 12.9. The number of hydrogen-bond acceptors (Lipinski definition) is 3. The molecule has 0 radical (unpaired) electrons. The number of amides is 1. The largest absolute Gasteiger partial charge is 0.321 e. The van der Waals surface area contributed by atoms with Crippen molar-refractivity contribution in [2.45, 2.75) is 39.5 Å². The van der Waals surface area contributed by atoms with E-state index in [9.17, 15) is 13.6 Å². The summed E-state index contributed by atoms with van der Waals surface area (Å²) in [4.78, 5) is 13.4. The van der Waals surface area contributed by atoms with Crippen molar-refractivity contribution >= 4 is 22.9 Å². The highest BCUT2D eigenvalue weighted by atomic mass is 32.1. The highest BCUT2D eigenvalue weighted by molar-refractivity contribution is 7.10. The predicted octanol–water partition coefficient (Wildman–Crippen LogP) is 4.82. The minimum Gasteiger partial charge on any atom is -0.321 e. The van der Waals surface area contributed by atoms with Crippen LogP contribution < -0.4 is 5.32 Å². The lowest BCUT2D eigenvalue weighted by Gasteiger charge is -2.15. The molecule has 4 nitrogen and oxygen atoms in total. The number of aromatic nitrogens is 2. The maximum Gasteiger partial charge on any atom is 0.282 e. The summed E-state index contributed by atoms with van der Waals surface area (Å²) in [5.41, 5.74) is 0.116. The van der Waals surface area contributed by atoms with E-state index in [0.717, 1.165) is 11.3 Å². The maximum absolute atomic E-state index is 13.0. The zero-order valence-corrected chi connectivity index (χ0v) is 14.5. The van der Waals surface area contributed by atoms with Crippen LogP contribution in [0.4, 0.5) is 14.5 Å². The second-order valence-electron chi connectivity index (χ2n) is 6.09. The first-order valence-electron chi connectivity index (χ1n) is 7.50. The Morgan fingerprint density at radius 1 is 1.39 bits per heavy atom. The average molecular weight is 341 g/mol. The van der Waals surface area contributed by atoms with Crippen molar-refractivity contribution in [3.8, 4) is 0 Å². The summed E-state index contributed by atoms with van der Waals surface area (Å²) < 4.78 is 27.2. The third-order valence-electron chi connectivity index (χ3n) is 3.52. The summed E-state index contributed by atoms with van der Waals surface area (Å²) in [7, 11) is 1.52. The molecule has 23 heavy (non-hydrogen) atoms. The molecule has 0 saturated carbocycles. The highest BCUT2D eigenvalue weighted by Gasteiger charge is 2.24. The number of carbonyl (C=O) groups excluding carboxylic acids is 1. The first-order chi connectivity index (χ1) is 10.8. The zero-order chi connectivity index (χ0) is 17.1. The van der Waals surface area contributed by atoms with Crippen molar-refractivity contribution in [2.75, 3.05) is 5.32 Å². The standard InChI is InChI=1S/C16H21F2N3OS/c1-9(2)7-10(3)14-12(5-6-23-14)19-16(22)11-8-21(4)20-13(11)15(17)18/h5-6,8-10,15H,7H2,1-4H3,(H,19,22). The van der Waals surface area contributed by atoms with E-state index in [1.54, 1.807) is 11.3 Å². The predicted molar refractivity (Wildman–Crippen MR) is 88.3 cm³/mol. The molecule has 0 aliphatic rings. The van der Waals surface area contributed by atoms with Gasteiger partial charge in [-0.15, -0.1) is 11.3 Å². The number of aryl methyl sites for hydroxylation is 1. The first-order valence-corrected chi connectivity index (χ1v) is 8.38. The minimum absolute atomic E-state index is 0.0869. The first kappa shape index (κ1) is 17.6. The second-order valence-corrected chi connectivity index (χ2v) is 7.03. The molecule has 7 heteroatoms. The monoisotopic (exact) mass is 341 g/mol. The zero-order valence-electron chi connectivity index (χ0n) is 13.6. The number of nitrogens with zero attached hydrogens (tertiary/aromatic N) is 2. The fraction of sp³-hybridized carbons (Fsp3) is 0.500. The topological polar surface area (TPSA) is 46.9 Å². The molecule has 2 aromatic rings. The van der Waals surface area contributed by atoms with Crippen LogP contribution in [0.3, 0.4) is 0 Å². The maximum atomic E-state index is 13.0. The summed E-state index contributed by atoms with van der Waals surface area (Å²) in [5, 5.41) is 8.32. The van der Waals surface area contributed by atoms with Gasteiger partial charge in [0.1, 0.15) is 5.69 Å². The molecule has 126 valence electrons. The molecule has 2 heterocycles. The van der Waals surface area contributed by atoms with Crippen LogP contribution in [0.15, 0.2) is 17.6 Å². The number of alkyl halides is 2. The molecule has 0 fully saturated rings. The summed E-state index contributed by atoms with van der Waals surface area (Å²) in [6.45, 7) is 6.40. The van der Waals surface area contributed by atoms with Gasteiger partial charge in [-0.05, 0) is 29.7 Å². The van der Waals surface area contributed by atoms with Crippen LogP contribution in [-0.4, -0.2) is 15.7 Å². The van der Waals surface area contributed by atoms with E-state index in [-0.39, 0.29) is 5.56 Å². The number of hydrogen-bond donors (Lipinski definition) is 1. The third-order valence-corrected chi connectivity index (χ3v) is 4.67. The summed E-state index contributed by atoms with van der Waals surface area (Å²) in [5.74, 6) is 0.290. The van der Waals surface area contributed by atoms with E-state index < -0.39 is 18.0 Å². The van der Waals surface area contributed by atoms with Gasteiger partial charge < -0.3 is 5.32 Å². The smallest absolute Gasteiger partial charge is 0.282 e. The minimum atomic E-state index is -2.78. The van der Waals surface area contributed by atoms with Gasteiger partial charge in [-0.1, -0.05) is 20.8 Å². The highest BCUT2D eigenvalue weighted by Crippen LogP contribution is 2.34. The Hall–Kier alpha value is -1.76. The van der Waals surface area contributed by atoms with Gasteiger partial charge in [-0.2, -0.15) is 5.10 Å². The van der Waals surface area contributed by atoms with Gasteiger partial charge in [0.2, 0.25) is 0 Å². The van der Waals surface area contributed by atoms with Gasteiger partial charge in [0, 0.05) is 18.1 Å². The van der Waals surface area contributed by atoms with Gasteiger partial charge in [0.25, 0.3) is 12.3 Å². The SMILES string of the molecule is CC(C)CC(C)c1sccc1NC(=O)c1cn(C)nc1C(F)F. The van der Waals surface area contributed by atoms with Crippen molar-refractivity contribution in [1.82, 2.24) is 9.78 Å². The fourth-order valence-electron chi connectivity index (χ4n) is 2.65. The molecule has 0 aliphatic heterocycles. The number of nitrogens with one attached hydrogen (secondary N) is 1. The number of thiophene rings is 1. The number of halogens is 2. The molecule has 0 aliphatic carbocycles. The second kappa shape index (κ2) is 7.21. The van der Waals surface area contributed by atoms with Gasteiger partial charge in [-0.3, -0.25) is 9.48 Å². The van der Waals surface area contributed by atoms with Gasteiger partial charge >= 0.3 is 0 Å². The van der Waals surface area contributed by atoms with Crippen LogP contribution in [0.2, 0.25) is 0 Å². The van der Waals surface area contributed by atoms with Gasteiger partial charge in [0.05, 0.1) is 11.3 Å². The van der Waals surface area contributed by atoms with Crippen molar-refractivity contribution in [2.24, 2.45) is 13.0 Å². The Bertz CT molecular complexity index is 679. The number of carbonyl (C=O) groups is 1. The summed E-state index contributed by atoms with van der Waals surface area (Å²) in [6.07, 6.45) is -0.460. The molecule has 1 atom stereocenters. The van der Waals surface area contributed by atoms with Crippen LogP contribution >= 0.6 is 11.3 Å². The van der Waals surface area contributed by atoms with E-state index in [1.807, 2.05) is 11.4 Å². The molecular formula is C16H21F2N3OS. The van der Waals surface area contributed by atoms with Crippen LogP contribution in [0.25, 0.3) is 0 Å². The fourth-order valence-corrected chi connectivity index (χ4v) is 3.58. The Labute approximate surface area is 138 Å². The lowest BCUT2D eigenvalue weighted by Crippen LogP contribution is -2.14. The van der Waals surface area contributed by atoms with Crippen LogP contribution in [0.1, 0.15) is 60.5 Å². The van der Waals surface area contributed by atoms with Crippen LogP contribution in [-0.2, 0) is 7.05 Å². The molecule has 2 rings (SSSR count). The van der Waals surface area contributed by atoms with Gasteiger partial charge in [0.15, 0.2) is 0 Å². The van der Waals surface area contributed by atoms with E-state index in [0.29, 0.717) is 17.5 Å². The molecular weight excluding hydrogens is 320 g/mol. The third kappa shape index (κ3) is 4.16. The van der Waals surface area contributed by atoms with E-state index in [2.05, 4.69) is 31.2 Å². The van der Waals surface area contributed by atoms with Crippen LogP contribution in [0.5, 0.6) is 0 Å². The Balaban J connectivity index is 2.20. The molecule has 1 unspecified atom stereocenters. The molecule has 0 spiro atoms. The molecule has 0 bridgehead atoms. The Kier molecular flexibility index (Phi) is 5.51. The van der Waals surface area contributed by atoms with Crippen molar-refractivity contribution < 1.29 is 13.6 Å². The van der Waals surface area contributed by atoms with E-state index in [1.165, 1.54) is 17.9 Å². The number of rotatable bonds is 6. The molecule has 0 aromatic carbocycles. The quantitative estimate of drug-likeness (QED) is 0.819. The van der Waals surface area contributed by atoms with Gasteiger partial charge in [-0.25, -0.2) is 8.78 Å². The van der Waals surface area contributed by atoms with E-state index >= 15 is 0 Å². The lowest BCUT2D eigenvalue weighted by molar-refractivity contribution is 0.101. The Morgan fingerprint density at radius 2 is 2.09 bits per heavy atom. The lowest BCUT2D eigenvalue weighted by atomic mass is 9.97. The van der Waals surface area contributed by atoms with Crippen molar-refractivity contribution in [3.05, 3.63) is 33.8 Å². The van der Waals surface area contributed by atoms with Crippen molar-refractivity contribution in [1.29, 1.82) is 0 Å². The summed E-state index contributed by atoms with van der Waals surface area (Å²) >= 11 is 1.57. The molecule has 1 amide bonds. The van der Waals surface area contributed by atoms with Crippen molar-refractivity contribution in [3.63, 3.8) is 0 Å². The molecule has 0 saturated heterocycles.